The second-order valence-corrected chi connectivity index (χ2v) is 5.58. The van der Waals surface area contributed by atoms with Crippen molar-refractivity contribution in [3.63, 3.8) is 0 Å². The molecule has 0 unspecified atom stereocenters. The maximum atomic E-state index is 13.8. The van der Waals surface area contributed by atoms with Gasteiger partial charge in [-0.15, -0.1) is 0 Å². The van der Waals surface area contributed by atoms with Crippen LogP contribution < -0.4 is 11.1 Å². The van der Waals surface area contributed by atoms with E-state index in [9.17, 15) is 9.18 Å². The van der Waals surface area contributed by atoms with E-state index in [4.69, 9.17) is 5.73 Å². The maximum absolute atomic E-state index is 13.8. The lowest BCUT2D eigenvalue weighted by atomic mass is 9.88. The van der Waals surface area contributed by atoms with E-state index in [-0.39, 0.29) is 23.7 Å². The highest BCUT2D eigenvalue weighted by Gasteiger charge is 2.35. The van der Waals surface area contributed by atoms with Gasteiger partial charge in [0.05, 0.1) is 0 Å². The topological polar surface area (TPSA) is 55.1 Å². The summed E-state index contributed by atoms with van der Waals surface area (Å²) in [6.07, 6.45) is 4.05. The highest BCUT2D eigenvalue weighted by molar-refractivity contribution is 5.82. The molecule has 19 heavy (non-hydrogen) atoms. The summed E-state index contributed by atoms with van der Waals surface area (Å²) in [7, 11) is 0. The van der Waals surface area contributed by atoms with Crippen molar-refractivity contribution in [2.75, 3.05) is 0 Å². The van der Waals surface area contributed by atoms with Gasteiger partial charge in [0.15, 0.2) is 0 Å². The molecule has 1 amide bonds. The van der Waals surface area contributed by atoms with Crippen molar-refractivity contribution in [2.24, 2.45) is 11.1 Å². The van der Waals surface area contributed by atoms with Crippen LogP contribution >= 0.6 is 0 Å². The molecule has 3 nitrogen and oxygen atoms in total. The molecular weight excluding hydrogens is 243 g/mol. The Balaban J connectivity index is 1.97. The van der Waals surface area contributed by atoms with Crippen molar-refractivity contribution in [3.8, 4) is 0 Å². The Hall–Kier alpha value is -1.42. The van der Waals surface area contributed by atoms with Crippen molar-refractivity contribution in [2.45, 2.75) is 45.7 Å². The second-order valence-electron chi connectivity index (χ2n) is 5.58. The highest BCUT2D eigenvalue weighted by atomic mass is 19.1. The molecule has 1 aromatic carbocycles. The Morgan fingerprint density at radius 3 is 2.68 bits per heavy atom. The van der Waals surface area contributed by atoms with Crippen molar-refractivity contribution in [1.82, 2.24) is 5.32 Å². The highest BCUT2D eigenvalue weighted by Crippen LogP contribution is 2.37. The molecule has 0 aromatic heterocycles. The molecule has 0 saturated heterocycles. The van der Waals surface area contributed by atoms with E-state index in [1.165, 1.54) is 6.07 Å². The summed E-state index contributed by atoms with van der Waals surface area (Å²) >= 11 is 0. The minimum Gasteiger partial charge on any atom is -0.351 e. The second kappa shape index (κ2) is 5.70. The first-order valence-electron chi connectivity index (χ1n) is 6.81. The molecule has 0 heterocycles. The standard InChI is InChI=1S/C15H21FN2O/c1-15(6-2-3-7-15)14(19)18-10-12-5-4-11(9-17)8-13(12)16/h4-5,8H,2-3,6-7,9-10,17H2,1H3,(H,18,19). The number of benzene rings is 1. The molecule has 1 aliphatic rings. The Labute approximate surface area is 113 Å². The fraction of sp³-hybridized carbons (Fsp3) is 0.533. The number of carbonyl (C=O) groups is 1. The summed E-state index contributed by atoms with van der Waals surface area (Å²) in [5.74, 6) is -0.271. The van der Waals surface area contributed by atoms with E-state index in [2.05, 4.69) is 5.32 Å². The van der Waals surface area contributed by atoms with Gasteiger partial charge in [-0.05, 0) is 24.5 Å². The zero-order chi connectivity index (χ0) is 13.9. The summed E-state index contributed by atoms with van der Waals surface area (Å²) in [4.78, 5) is 12.1. The number of rotatable bonds is 4. The van der Waals surface area contributed by atoms with Gasteiger partial charge in [-0.2, -0.15) is 0 Å². The van der Waals surface area contributed by atoms with Crippen molar-refractivity contribution >= 4 is 5.91 Å². The molecule has 0 radical (unpaired) electrons. The van der Waals surface area contributed by atoms with Crippen LogP contribution in [0, 0.1) is 11.2 Å². The fourth-order valence-electron chi connectivity index (χ4n) is 2.63. The lowest BCUT2D eigenvalue weighted by molar-refractivity contribution is -0.130. The molecule has 2 rings (SSSR count). The normalized spacial score (nSPS) is 17.4. The van der Waals surface area contributed by atoms with E-state index in [1.54, 1.807) is 12.1 Å². The average molecular weight is 264 g/mol. The Bertz CT molecular complexity index is 467. The van der Waals surface area contributed by atoms with Gasteiger partial charge in [-0.3, -0.25) is 4.79 Å². The van der Waals surface area contributed by atoms with E-state index < -0.39 is 0 Å². The van der Waals surface area contributed by atoms with Crippen molar-refractivity contribution in [1.29, 1.82) is 0 Å². The van der Waals surface area contributed by atoms with Crippen LogP contribution in [0.5, 0.6) is 0 Å². The lowest BCUT2D eigenvalue weighted by Crippen LogP contribution is -2.36. The first-order chi connectivity index (χ1) is 9.05. The molecule has 0 bridgehead atoms. The average Bonchev–Trinajstić information content (AvgIpc) is 2.85. The van der Waals surface area contributed by atoms with Crippen LogP contribution in [0.4, 0.5) is 4.39 Å². The van der Waals surface area contributed by atoms with Gasteiger partial charge in [0.25, 0.3) is 0 Å². The number of nitrogens with one attached hydrogen (secondary N) is 1. The Morgan fingerprint density at radius 1 is 1.42 bits per heavy atom. The zero-order valence-corrected chi connectivity index (χ0v) is 11.3. The molecule has 0 atom stereocenters. The number of nitrogens with two attached hydrogens (primary N) is 1. The number of hydrogen-bond donors (Lipinski definition) is 2. The van der Waals surface area contributed by atoms with E-state index in [0.29, 0.717) is 12.1 Å². The maximum Gasteiger partial charge on any atom is 0.226 e. The summed E-state index contributed by atoms with van der Waals surface area (Å²) in [6.45, 7) is 2.55. The zero-order valence-electron chi connectivity index (χ0n) is 11.3. The predicted molar refractivity (Wildman–Crippen MR) is 72.7 cm³/mol. The van der Waals surface area contributed by atoms with Crippen LogP contribution in [-0.2, 0) is 17.9 Å². The number of halogens is 1. The van der Waals surface area contributed by atoms with Crippen LogP contribution in [0.15, 0.2) is 18.2 Å². The Morgan fingerprint density at radius 2 is 2.11 bits per heavy atom. The predicted octanol–water partition coefficient (Wildman–Crippen LogP) is 2.48. The fourth-order valence-corrected chi connectivity index (χ4v) is 2.63. The van der Waals surface area contributed by atoms with E-state index in [1.807, 2.05) is 6.92 Å². The van der Waals surface area contributed by atoms with Gasteiger partial charge < -0.3 is 11.1 Å². The molecule has 1 aliphatic carbocycles. The minimum absolute atomic E-state index is 0.0345. The third-order valence-electron chi connectivity index (χ3n) is 4.05. The Kier molecular flexibility index (Phi) is 4.20. The third kappa shape index (κ3) is 3.13. The monoisotopic (exact) mass is 264 g/mol. The molecule has 1 fully saturated rings. The number of carbonyl (C=O) groups excluding carboxylic acids is 1. The van der Waals surface area contributed by atoms with Gasteiger partial charge in [-0.1, -0.05) is 31.9 Å². The van der Waals surface area contributed by atoms with Crippen molar-refractivity contribution < 1.29 is 9.18 Å². The van der Waals surface area contributed by atoms with Gasteiger partial charge in [0, 0.05) is 24.1 Å². The molecule has 1 saturated carbocycles. The molecule has 4 heteroatoms. The van der Waals surface area contributed by atoms with Crippen LogP contribution in [0.1, 0.15) is 43.7 Å². The summed E-state index contributed by atoms with van der Waals surface area (Å²) in [6, 6.07) is 4.91. The van der Waals surface area contributed by atoms with E-state index >= 15 is 0 Å². The molecule has 3 N–H and O–H groups in total. The summed E-state index contributed by atoms with van der Waals surface area (Å²) < 4.78 is 13.8. The minimum atomic E-state index is -0.306. The molecule has 1 aromatic rings. The van der Waals surface area contributed by atoms with E-state index in [0.717, 1.165) is 31.2 Å². The molecule has 0 aliphatic heterocycles. The third-order valence-corrected chi connectivity index (χ3v) is 4.05. The van der Waals surface area contributed by atoms with Gasteiger partial charge >= 0.3 is 0 Å². The summed E-state index contributed by atoms with van der Waals surface area (Å²) in [5, 5.41) is 2.85. The van der Waals surface area contributed by atoms with Crippen LogP contribution in [0.25, 0.3) is 0 Å². The smallest absolute Gasteiger partial charge is 0.226 e. The van der Waals surface area contributed by atoms with Crippen LogP contribution in [0.2, 0.25) is 0 Å². The van der Waals surface area contributed by atoms with Crippen molar-refractivity contribution in [3.05, 3.63) is 35.1 Å². The SMILES string of the molecule is CC1(C(=O)NCc2ccc(CN)cc2F)CCCC1. The van der Waals surface area contributed by atoms with Crippen LogP contribution in [0.3, 0.4) is 0 Å². The van der Waals surface area contributed by atoms with Gasteiger partial charge in [0.1, 0.15) is 5.82 Å². The lowest BCUT2D eigenvalue weighted by Gasteiger charge is -2.22. The summed E-state index contributed by atoms with van der Waals surface area (Å²) in [5.41, 5.74) is 6.45. The first kappa shape index (κ1) is 14.0. The number of amides is 1. The molecule has 0 spiro atoms. The largest absolute Gasteiger partial charge is 0.351 e. The van der Waals surface area contributed by atoms with Crippen LogP contribution in [-0.4, -0.2) is 5.91 Å². The molecule has 104 valence electrons. The number of hydrogen-bond acceptors (Lipinski definition) is 2. The van der Waals surface area contributed by atoms with Gasteiger partial charge in [0.2, 0.25) is 5.91 Å². The first-order valence-corrected chi connectivity index (χ1v) is 6.81. The quantitative estimate of drug-likeness (QED) is 0.877. The molecular formula is C15H21FN2O. The van der Waals surface area contributed by atoms with Gasteiger partial charge in [-0.25, -0.2) is 4.39 Å².